The Bertz CT molecular complexity index is 329. The third kappa shape index (κ3) is 2.86. The van der Waals surface area contributed by atoms with E-state index in [-0.39, 0.29) is 15.8 Å². The van der Waals surface area contributed by atoms with Crippen LogP contribution in [0.15, 0.2) is 16.6 Å². The van der Waals surface area contributed by atoms with Gasteiger partial charge in [0.2, 0.25) is 0 Å². The van der Waals surface area contributed by atoms with E-state index in [0.717, 1.165) is 0 Å². The summed E-state index contributed by atoms with van der Waals surface area (Å²) in [6.07, 6.45) is 0. The fraction of sp³-hybridized carbons (Fsp3) is 0. The topological polar surface area (TPSA) is 26.3 Å². The maximum atomic E-state index is 10.5. The number of hydrogen-bond donors (Lipinski definition) is 0. The summed E-state index contributed by atoms with van der Waals surface area (Å²) in [5, 5.41) is 0.521. The highest BCUT2D eigenvalue weighted by molar-refractivity contribution is 9.10. The summed E-state index contributed by atoms with van der Waals surface area (Å²) < 4.78 is 5.41. The van der Waals surface area contributed by atoms with E-state index in [1.165, 1.54) is 0 Å². The van der Waals surface area contributed by atoms with Crippen LogP contribution in [0.3, 0.4) is 0 Å². The van der Waals surface area contributed by atoms with Crippen LogP contribution in [-0.2, 0) is 4.79 Å². The van der Waals surface area contributed by atoms with Gasteiger partial charge in [0.25, 0.3) is 0 Å². The molecule has 0 saturated heterocycles. The van der Waals surface area contributed by atoms with Crippen LogP contribution in [0, 0.1) is 6.92 Å². The lowest BCUT2D eigenvalue weighted by Gasteiger charge is -2.06. The van der Waals surface area contributed by atoms with Crippen molar-refractivity contribution in [2.45, 2.75) is 0 Å². The second-order valence-corrected chi connectivity index (χ2v) is 3.90. The van der Waals surface area contributed by atoms with E-state index in [0.29, 0.717) is 4.47 Å². The first kappa shape index (κ1) is 10.8. The highest BCUT2D eigenvalue weighted by atomic mass is 79.9. The summed E-state index contributed by atoms with van der Waals surface area (Å²) in [6, 6.07) is 3.15. The molecule has 0 heterocycles. The molecule has 1 rings (SSSR count). The molecule has 13 heavy (non-hydrogen) atoms. The molecular weight excluding hydrogens is 279 g/mol. The Kier molecular flexibility index (Phi) is 3.59. The summed E-state index contributed by atoms with van der Waals surface area (Å²) >= 11 is 14.7. The highest BCUT2D eigenvalue weighted by Crippen LogP contribution is 2.35. The van der Waals surface area contributed by atoms with Crippen LogP contribution in [0.1, 0.15) is 0 Å². The number of hydrogen-bond acceptors (Lipinski definition) is 2. The van der Waals surface area contributed by atoms with Crippen molar-refractivity contribution in [2.24, 2.45) is 0 Å². The van der Waals surface area contributed by atoms with E-state index in [1.807, 2.05) is 0 Å². The molecule has 0 amide bonds. The SMILES string of the molecule is [CH2]C(=O)Oc1c(Cl)cc(Br)cc1Cl. The van der Waals surface area contributed by atoms with Crippen molar-refractivity contribution in [3.63, 3.8) is 0 Å². The van der Waals surface area contributed by atoms with Gasteiger partial charge >= 0.3 is 5.97 Å². The highest BCUT2D eigenvalue weighted by Gasteiger charge is 2.10. The Hall–Kier alpha value is -0.250. The van der Waals surface area contributed by atoms with E-state index in [4.69, 9.17) is 27.9 Å². The van der Waals surface area contributed by atoms with Gasteiger partial charge in [-0.25, -0.2) is 0 Å². The van der Waals surface area contributed by atoms with Gasteiger partial charge in [0, 0.05) is 4.47 Å². The predicted molar refractivity (Wildman–Crippen MR) is 55.2 cm³/mol. The number of carbonyl (C=O) groups excluding carboxylic acids is 1. The normalized spacial score (nSPS) is 9.85. The van der Waals surface area contributed by atoms with Gasteiger partial charge < -0.3 is 4.74 Å². The number of benzene rings is 1. The molecule has 0 atom stereocenters. The monoisotopic (exact) mass is 281 g/mol. The molecule has 0 unspecified atom stereocenters. The van der Waals surface area contributed by atoms with Gasteiger partial charge in [-0.05, 0) is 12.1 Å². The van der Waals surface area contributed by atoms with Crippen molar-refractivity contribution in [3.8, 4) is 5.75 Å². The van der Waals surface area contributed by atoms with Gasteiger partial charge in [0.1, 0.15) is 0 Å². The molecule has 1 aromatic carbocycles. The molecule has 0 fully saturated rings. The van der Waals surface area contributed by atoms with Gasteiger partial charge in [0.15, 0.2) is 5.75 Å². The smallest absolute Gasteiger partial charge is 0.311 e. The average Bonchev–Trinajstić information content (AvgIpc) is 1.96. The first-order valence-corrected chi connectivity index (χ1v) is 4.74. The molecule has 0 N–H and O–H groups in total. The third-order valence-corrected chi connectivity index (χ3v) is 2.20. The zero-order valence-electron chi connectivity index (χ0n) is 6.31. The first-order valence-electron chi connectivity index (χ1n) is 3.19. The minimum Gasteiger partial charge on any atom is -0.423 e. The molecule has 0 aliphatic heterocycles. The molecule has 0 aromatic heterocycles. The van der Waals surface area contributed by atoms with Crippen molar-refractivity contribution >= 4 is 45.1 Å². The fourth-order valence-corrected chi connectivity index (χ4v) is 2.03. The number of ether oxygens (including phenoxy) is 1. The summed E-state index contributed by atoms with van der Waals surface area (Å²) in [7, 11) is 0. The van der Waals surface area contributed by atoms with E-state index in [2.05, 4.69) is 22.9 Å². The largest absolute Gasteiger partial charge is 0.423 e. The zero-order valence-corrected chi connectivity index (χ0v) is 9.41. The Labute approximate surface area is 93.9 Å². The predicted octanol–water partition coefficient (Wildman–Crippen LogP) is 3.50. The van der Waals surface area contributed by atoms with Crippen molar-refractivity contribution in [1.29, 1.82) is 0 Å². The lowest BCUT2D eigenvalue weighted by Crippen LogP contribution is -2.02. The molecular formula is C8H4BrCl2O2. The van der Waals surface area contributed by atoms with Crippen molar-refractivity contribution < 1.29 is 9.53 Å². The molecule has 0 aliphatic rings. The van der Waals surface area contributed by atoms with Gasteiger partial charge in [-0.3, -0.25) is 4.79 Å². The fourth-order valence-electron chi connectivity index (χ4n) is 0.740. The summed E-state index contributed by atoms with van der Waals surface area (Å²) in [5.41, 5.74) is 0. The van der Waals surface area contributed by atoms with E-state index in [9.17, 15) is 4.79 Å². The van der Waals surface area contributed by atoms with Crippen LogP contribution in [0.5, 0.6) is 5.75 Å². The van der Waals surface area contributed by atoms with Crippen LogP contribution in [-0.4, -0.2) is 5.97 Å². The average molecular weight is 283 g/mol. The van der Waals surface area contributed by atoms with Crippen LogP contribution in [0.25, 0.3) is 0 Å². The standard InChI is InChI=1S/C8H4BrCl2O2/c1-4(12)13-8-6(10)2-5(9)3-7(8)11/h2-3H,1H2. The van der Waals surface area contributed by atoms with Gasteiger partial charge in [-0.15, -0.1) is 0 Å². The maximum absolute atomic E-state index is 10.5. The lowest BCUT2D eigenvalue weighted by atomic mass is 10.3. The molecule has 0 saturated carbocycles. The molecule has 1 aromatic rings. The molecule has 5 heteroatoms. The van der Waals surface area contributed by atoms with Crippen LogP contribution >= 0.6 is 39.1 Å². The zero-order chi connectivity index (χ0) is 10.0. The van der Waals surface area contributed by atoms with Crippen LogP contribution in [0.4, 0.5) is 0 Å². The minimum absolute atomic E-state index is 0.131. The van der Waals surface area contributed by atoms with Gasteiger partial charge in [-0.2, -0.15) is 0 Å². The van der Waals surface area contributed by atoms with Crippen molar-refractivity contribution in [3.05, 3.63) is 33.6 Å². The second-order valence-electron chi connectivity index (χ2n) is 2.17. The van der Waals surface area contributed by atoms with Crippen molar-refractivity contribution in [2.75, 3.05) is 0 Å². The third-order valence-electron chi connectivity index (χ3n) is 1.18. The van der Waals surface area contributed by atoms with Gasteiger partial charge in [0.05, 0.1) is 17.0 Å². The summed E-state index contributed by atoms with van der Waals surface area (Å²) in [4.78, 5) is 10.5. The number of rotatable bonds is 1. The summed E-state index contributed by atoms with van der Waals surface area (Å²) in [6.45, 7) is 3.05. The van der Waals surface area contributed by atoms with Crippen LogP contribution < -0.4 is 4.74 Å². The first-order chi connectivity index (χ1) is 6.00. The number of carbonyl (C=O) groups is 1. The molecule has 0 spiro atoms. The Balaban J connectivity index is 3.13. The molecule has 0 bridgehead atoms. The molecule has 2 nitrogen and oxygen atoms in total. The quantitative estimate of drug-likeness (QED) is 0.582. The number of esters is 1. The van der Waals surface area contributed by atoms with E-state index in [1.54, 1.807) is 12.1 Å². The Morgan fingerprint density at radius 3 is 2.23 bits per heavy atom. The van der Waals surface area contributed by atoms with Gasteiger partial charge in [-0.1, -0.05) is 39.1 Å². The Morgan fingerprint density at radius 1 is 1.38 bits per heavy atom. The number of halogens is 3. The minimum atomic E-state index is -0.703. The van der Waals surface area contributed by atoms with Crippen LogP contribution in [0.2, 0.25) is 10.0 Å². The lowest BCUT2D eigenvalue weighted by molar-refractivity contribution is -0.129. The maximum Gasteiger partial charge on any atom is 0.311 e. The summed E-state index contributed by atoms with van der Waals surface area (Å²) in [5.74, 6) is -0.572. The van der Waals surface area contributed by atoms with E-state index >= 15 is 0 Å². The second kappa shape index (κ2) is 4.31. The molecule has 69 valence electrons. The van der Waals surface area contributed by atoms with Crippen molar-refractivity contribution in [1.82, 2.24) is 0 Å². The van der Waals surface area contributed by atoms with E-state index < -0.39 is 5.97 Å². The molecule has 0 aliphatic carbocycles. The molecule has 1 radical (unpaired) electrons. The Morgan fingerprint density at radius 2 is 1.85 bits per heavy atom.